The van der Waals surface area contributed by atoms with Gasteiger partial charge in [-0.05, 0) is 35.9 Å². The van der Waals surface area contributed by atoms with Gasteiger partial charge in [-0.3, -0.25) is 0 Å². The van der Waals surface area contributed by atoms with Crippen molar-refractivity contribution in [3.63, 3.8) is 0 Å². The highest BCUT2D eigenvalue weighted by Crippen LogP contribution is 2.31. The number of nitrogens with zero attached hydrogens (tertiary/aromatic N) is 1. The summed E-state index contributed by atoms with van der Waals surface area (Å²) in [6.45, 7) is 0.141. The third-order valence-corrected chi connectivity index (χ3v) is 3.99. The SMILES string of the molecule is COc1cc(C=C(C#N)C(=O)O)ccc1OCc1c(Cl)cccc1Cl. The minimum absolute atomic E-state index is 0.141. The van der Waals surface area contributed by atoms with Crippen LogP contribution in [0.4, 0.5) is 0 Å². The van der Waals surface area contributed by atoms with Gasteiger partial charge in [-0.25, -0.2) is 4.79 Å². The summed E-state index contributed by atoms with van der Waals surface area (Å²) in [4.78, 5) is 10.9. The highest BCUT2D eigenvalue weighted by molar-refractivity contribution is 6.35. The summed E-state index contributed by atoms with van der Waals surface area (Å²) in [5, 5.41) is 18.7. The highest BCUT2D eigenvalue weighted by atomic mass is 35.5. The average Bonchev–Trinajstić information content (AvgIpc) is 2.59. The zero-order valence-corrected chi connectivity index (χ0v) is 14.6. The number of methoxy groups -OCH3 is 1. The van der Waals surface area contributed by atoms with Gasteiger partial charge in [-0.1, -0.05) is 35.3 Å². The number of nitriles is 1. The van der Waals surface area contributed by atoms with Gasteiger partial charge in [0.1, 0.15) is 18.2 Å². The molecule has 0 aliphatic rings. The Bertz CT molecular complexity index is 852. The van der Waals surface area contributed by atoms with E-state index in [0.29, 0.717) is 32.7 Å². The minimum atomic E-state index is -1.30. The van der Waals surface area contributed by atoms with Crippen LogP contribution in [-0.4, -0.2) is 18.2 Å². The summed E-state index contributed by atoms with van der Waals surface area (Å²) in [5.74, 6) is -0.473. The van der Waals surface area contributed by atoms with Crippen LogP contribution < -0.4 is 9.47 Å². The van der Waals surface area contributed by atoms with E-state index in [0.717, 1.165) is 0 Å². The molecule has 0 saturated carbocycles. The number of rotatable bonds is 6. The first-order valence-corrected chi connectivity index (χ1v) is 7.80. The summed E-state index contributed by atoms with van der Waals surface area (Å²) < 4.78 is 11.0. The Morgan fingerprint density at radius 1 is 1.24 bits per heavy atom. The maximum Gasteiger partial charge on any atom is 0.346 e. The van der Waals surface area contributed by atoms with Gasteiger partial charge in [0.05, 0.1) is 7.11 Å². The van der Waals surface area contributed by atoms with E-state index in [9.17, 15) is 4.79 Å². The Morgan fingerprint density at radius 3 is 2.48 bits per heavy atom. The van der Waals surface area contributed by atoms with Gasteiger partial charge < -0.3 is 14.6 Å². The second-order valence-corrected chi connectivity index (χ2v) is 5.69. The Balaban J connectivity index is 2.26. The number of benzene rings is 2. The van der Waals surface area contributed by atoms with Crippen molar-refractivity contribution in [1.29, 1.82) is 5.26 Å². The predicted octanol–water partition coefficient (Wildman–Crippen LogP) is 4.57. The number of carboxylic acid groups (broad SMARTS) is 1. The third-order valence-electron chi connectivity index (χ3n) is 3.28. The first-order chi connectivity index (χ1) is 12.0. The molecule has 1 N–H and O–H groups in total. The summed E-state index contributed by atoms with van der Waals surface area (Å²) in [7, 11) is 1.46. The van der Waals surface area contributed by atoms with Crippen molar-refractivity contribution < 1.29 is 19.4 Å². The highest BCUT2D eigenvalue weighted by Gasteiger charge is 2.11. The smallest absolute Gasteiger partial charge is 0.346 e. The topological polar surface area (TPSA) is 79.5 Å². The molecule has 0 aromatic heterocycles. The van der Waals surface area contributed by atoms with Crippen LogP contribution in [0.1, 0.15) is 11.1 Å². The third kappa shape index (κ3) is 4.66. The number of hydrogen-bond donors (Lipinski definition) is 1. The quantitative estimate of drug-likeness (QED) is 0.588. The van der Waals surface area contributed by atoms with Crippen LogP contribution in [-0.2, 0) is 11.4 Å². The van der Waals surface area contributed by atoms with E-state index in [1.54, 1.807) is 42.5 Å². The molecule has 5 nitrogen and oxygen atoms in total. The first kappa shape index (κ1) is 18.7. The Kier molecular flexibility index (Phi) is 6.29. The summed E-state index contributed by atoms with van der Waals surface area (Å²) in [6.07, 6.45) is 1.25. The summed E-state index contributed by atoms with van der Waals surface area (Å²) in [5.41, 5.74) is 0.770. The molecule has 0 unspecified atom stereocenters. The minimum Gasteiger partial charge on any atom is -0.493 e. The van der Waals surface area contributed by atoms with E-state index in [1.165, 1.54) is 13.2 Å². The first-order valence-electron chi connectivity index (χ1n) is 7.05. The van der Waals surface area contributed by atoms with Crippen molar-refractivity contribution in [1.82, 2.24) is 0 Å². The molecule has 0 aliphatic carbocycles. The van der Waals surface area contributed by atoms with Crippen molar-refractivity contribution in [3.8, 4) is 17.6 Å². The largest absolute Gasteiger partial charge is 0.493 e. The van der Waals surface area contributed by atoms with E-state index >= 15 is 0 Å². The standard InChI is InChI=1S/C18H13Cl2NO4/c1-24-17-8-11(7-12(9-21)18(22)23)5-6-16(17)25-10-13-14(19)3-2-4-15(13)20/h2-8H,10H2,1H3,(H,22,23). The Labute approximate surface area is 154 Å². The second kappa shape index (κ2) is 8.43. The summed E-state index contributed by atoms with van der Waals surface area (Å²) in [6, 6.07) is 11.6. The monoisotopic (exact) mass is 377 g/mol. The number of ether oxygens (including phenoxy) is 2. The lowest BCUT2D eigenvalue weighted by molar-refractivity contribution is -0.132. The fourth-order valence-corrected chi connectivity index (χ4v) is 2.53. The van der Waals surface area contributed by atoms with Crippen molar-refractivity contribution >= 4 is 35.2 Å². The number of carbonyl (C=O) groups is 1. The van der Waals surface area contributed by atoms with Crippen molar-refractivity contribution in [2.75, 3.05) is 7.11 Å². The molecular formula is C18H13Cl2NO4. The molecule has 0 amide bonds. The molecule has 2 aromatic rings. The maximum atomic E-state index is 10.9. The average molecular weight is 378 g/mol. The molecule has 25 heavy (non-hydrogen) atoms. The number of hydrogen-bond acceptors (Lipinski definition) is 4. The molecule has 0 atom stereocenters. The van der Waals surface area contributed by atoms with Crippen LogP contribution in [0, 0.1) is 11.3 Å². The molecule has 0 heterocycles. The van der Waals surface area contributed by atoms with E-state index in [2.05, 4.69) is 0 Å². The van der Waals surface area contributed by atoms with Gasteiger partial charge in [0.15, 0.2) is 11.5 Å². The lowest BCUT2D eigenvalue weighted by atomic mass is 10.1. The number of aliphatic carboxylic acids is 1. The van der Waals surface area contributed by atoms with Crippen LogP contribution in [0.2, 0.25) is 10.0 Å². The maximum absolute atomic E-state index is 10.9. The van der Waals surface area contributed by atoms with Gasteiger partial charge in [0, 0.05) is 15.6 Å². The van der Waals surface area contributed by atoms with Crippen LogP contribution in [0.15, 0.2) is 42.0 Å². The zero-order valence-electron chi connectivity index (χ0n) is 13.1. The molecular weight excluding hydrogens is 365 g/mol. The molecule has 0 radical (unpaired) electrons. The molecule has 0 aliphatic heterocycles. The van der Waals surface area contributed by atoms with Crippen LogP contribution in [0.25, 0.3) is 6.08 Å². The molecule has 7 heteroatoms. The Morgan fingerprint density at radius 2 is 1.92 bits per heavy atom. The van der Waals surface area contributed by atoms with Gasteiger partial charge in [-0.2, -0.15) is 5.26 Å². The molecule has 128 valence electrons. The molecule has 2 aromatic carbocycles. The predicted molar refractivity (Wildman–Crippen MR) is 95.0 cm³/mol. The van der Waals surface area contributed by atoms with Crippen molar-refractivity contribution in [3.05, 3.63) is 63.1 Å². The van der Waals surface area contributed by atoms with E-state index in [1.807, 2.05) is 0 Å². The van der Waals surface area contributed by atoms with Gasteiger partial charge in [0.25, 0.3) is 0 Å². The van der Waals surface area contributed by atoms with Crippen molar-refractivity contribution in [2.45, 2.75) is 6.61 Å². The van der Waals surface area contributed by atoms with E-state index in [-0.39, 0.29) is 12.2 Å². The fourth-order valence-electron chi connectivity index (χ4n) is 2.02. The van der Waals surface area contributed by atoms with Gasteiger partial charge >= 0.3 is 5.97 Å². The normalized spacial score (nSPS) is 10.9. The van der Waals surface area contributed by atoms with E-state index < -0.39 is 5.97 Å². The van der Waals surface area contributed by atoms with Gasteiger partial charge in [-0.15, -0.1) is 0 Å². The molecule has 0 bridgehead atoms. The van der Waals surface area contributed by atoms with Crippen LogP contribution in [0.3, 0.4) is 0 Å². The van der Waals surface area contributed by atoms with E-state index in [4.69, 9.17) is 43.0 Å². The molecule has 0 spiro atoms. The Hall–Kier alpha value is -2.68. The fraction of sp³-hybridized carbons (Fsp3) is 0.111. The zero-order chi connectivity index (χ0) is 18.4. The molecule has 0 fully saturated rings. The lowest BCUT2D eigenvalue weighted by Crippen LogP contribution is -2.00. The van der Waals surface area contributed by atoms with Gasteiger partial charge in [0.2, 0.25) is 0 Å². The molecule has 2 rings (SSSR count). The number of halogens is 2. The van der Waals surface area contributed by atoms with Crippen molar-refractivity contribution in [2.24, 2.45) is 0 Å². The van der Waals surface area contributed by atoms with Crippen LogP contribution in [0.5, 0.6) is 11.5 Å². The number of carboxylic acids is 1. The summed E-state index contributed by atoms with van der Waals surface area (Å²) >= 11 is 12.2. The van der Waals surface area contributed by atoms with Crippen LogP contribution >= 0.6 is 23.2 Å². The lowest BCUT2D eigenvalue weighted by Gasteiger charge is -2.13. The second-order valence-electron chi connectivity index (χ2n) is 4.87. The molecule has 0 saturated heterocycles.